The average molecular weight is 452 g/mol. The van der Waals surface area contributed by atoms with Crippen molar-refractivity contribution in [3.8, 4) is 0 Å². The zero-order valence-electron chi connectivity index (χ0n) is 18.3. The lowest BCUT2D eigenvalue weighted by Gasteiger charge is -2.24. The molecule has 0 radical (unpaired) electrons. The zero-order chi connectivity index (χ0) is 22.5. The molecule has 6 heteroatoms. The molecule has 5 nitrogen and oxygen atoms in total. The second kappa shape index (κ2) is 10.1. The average Bonchev–Trinajstić information content (AvgIpc) is 3.19. The maximum absolute atomic E-state index is 12.2. The molecule has 32 heavy (non-hydrogen) atoms. The number of benzene rings is 2. The van der Waals surface area contributed by atoms with E-state index in [1.165, 1.54) is 14.7 Å². The molecule has 0 spiro atoms. The SMILES string of the molecule is CC1=C(OCC(=O)OC2CCOC2=O)C(C)CC([S+](c2ccccc2)c2ccccc2)=C1. The third kappa shape index (κ3) is 5.07. The van der Waals surface area contributed by atoms with Gasteiger partial charge in [-0.3, -0.25) is 0 Å². The number of cyclic esters (lactones) is 1. The molecule has 1 fully saturated rings. The van der Waals surface area contributed by atoms with Gasteiger partial charge in [0.2, 0.25) is 6.10 Å². The number of esters is 2. The van der Waals surface area contributed by atoms with Gasteiger partial charge in [0.1, 0.15) is 10.7 Å². The Morgan fingerprint density at radius 1 is 1.06 bits per heavy atom. The van der Waals surface area contributed by atoms with Crippen LogP contribution < -0.4 is 0 Å². The Morgan fingerprint density at radius 2 is 1.69 bits per heavy atom. The van der Waals surface area contributed by atoms with Crippen molar-refractivity contribution in [2.24, 2.45) is 5.92 Å². The fraction of sp³-hybridized carbons (Fsp3) is 0.308. The van der Waals surface area contributed by atoms with E-state index in [-0.39, 0.29) is 30.0 Å². The number of hydrogen-bond acceptors (Lipinski definition) is 5. The van der Waals surface area contributed by atoms with Crippen molar-refractivity contribution in [1.82, 2.24) is 0 Å². The molecule has 0 N–H and O–H groups in total. The Balaban J connectivity index is 1.52. The fourth-order valence-corrected chi connectivity index (χ4v) is 6.47. The van der Waals surface area contributed by atoms with Crippen molar-refractivity contribution in [3.63, 3.8) is 0 Å². The Morgan fingerprint density at radius 3 is 2.22 bits per heavy atom. The Labute approximate surface area is 191 Å². The summed E-state index contributed by atoms with van der Waals surface area (Å²) < 4.78 is 15.9. The van der Waals surface area contributed by atoms with Gasteiger partial charge in [0.15, 0.2) is 16.4 Å². The molecule has 1 heterocycles. The largest absolute Gasteiger partial charge is 0.486 e. The van der Waals surface area contributed by atoms with Gasteiger partial charge in [0, 0.05) is 18.8 Å². The normalized spacial score (nSPS) is 20.7. The molecule has 2 aromatic carbocycles. The molecule has 2 unspecified atom stereocenters. The van der Waals surface area contributed by atoms with E-state index in [0.29, 0.717) is 6.42 Å². The first-order valence-electron chi connectivity index (χ1n) is 10.8. The standard InChI is InChI=1S/C26H27O5S/c1-18-15-22(32(20-9-5-3-6-10-20)21-11-7-4-8-12-21)16-19(2)25(18)30-17-24(27)31-23-13-14-29-26(23)28/h3-12,15,19,23H,13-14,16-17H2,1-2H3/q+1. The van der Waals surface area contributed by atoms with Crippen LogP contribution in [-0.2, 0) is 34.7 Å². The molecule has 4 rings (SSSR count). The Bertz CT molecular complexity index is 989. The summed E-state index contributed by atoms with van der Waals surface area (Å²) in [6.07, 6.45) is 2.62. The van der Waals surface area contributed by atoms with Gasteiger partial charge in [0.05, 0.1) is 17.5 Å². The Kier molecular flexibility index (Phi) is 7.00. The summed E-state index contributed by atoms with van der Waals surface area (Å²) >= 11 is 0. The van der Waals surface area contributed by atoms with Gasteiger partial charge < -0.3 is 14.2 Å². The van der Waals surface area contributed by atoms with Crippen molar-refractivity contribution in [3.05, 3.63) is 83.0 Å². The molecular formula is C26H27O5S+. The van der Waals surface area contributed by atoms with E-state index in [1.807, 2.05) is 19.1 Å². The second-order valence-electron chi connectivity index (χ2n) is 7.92. The maximum Gasteiger partial charge on any atom is 0.347 e. The minimum Gasteiger partial charge on any atom is -0.486 e. The number of hydrogen-bond donors (Lipinski definition) is 0. The van der Waals surface area contributed by atoms with Gasteiger partial charge in [-0.15, -0.1) is 0 Å². The smallest absolute Gasteiger partial charge is 0.347 e. The molecule has 2 aromatic rings. The quantitative estimate of drug-likeness (QED) is 0.447. The Hall–Kier alpha value is -2.99. The minimum absolute atomic E-state index is 0.127. The topological polar surface area (TPSA) is 61.8 Å². The number of rotatable bonds is 7. The summed E-state index contributed by atoms with van der Waals surface area (Å²) in [5, 5.41) is 0. The van der Waals surface area contributed by atoms with Gasteiger partial charge >= 0.3 is 11.9 Å². The molecule has 0 saturated carbocycles. The van der Waals surface area contributed by atoms with E-state index in [4.69, 9.17) is 14.2 Å². The summed E-state index contributed by atoms with van der Waals surface area (Å²) in [6, 6.07) is 21.1. The van der Waals surface area contributed by atoms with Crippen molar-refractivity contribution < 1.29 is 23.8 Å². The van der Waals surface area contributed by atoms with Crippen molar-refractivity contribution in [2.45, 2.75) is 42.6 Å². The molecule has 1 aliphatic heterocycles. The summed E-state index contributed by atoms with van der Waals surface area (Å²) in [5.74, 6) is -0.114. The van der Waals surface area contributed by atoms with Crippen molar-refractivity contribution in [2.75, 3.05) is 13.2 Å². The van der Waals surface area contributed by atoms with Crippen LogP contribution in [0.2, 0.25) is 0 Å². The van der Waals surface area contributed by atoms with Gasteiger partial charge in [-0.05, 0) is 42.8 Å². The fourth-order valence-electron chi connectivity index (χ4n) is 4.02. The third-order valence-corrected chi connectivity index (χ3v) is 7.74. The number of carbonyl (C=O) groups excluding carboxylic acids is 2. The van der Waals surface area contributed by atoms with E-state index < -0.39 is 18.0 Å². The van der Waals surface area contributed by atoms with E-state index in [0.717, 1.165) is 17.8 Å². The monoisotopic (exact) mass is 451 g/mol. The summed E-state index contributed by atoms with van der Waals surface area (Å²) in [7, 11) is -0.186. The number of carbonyl (C=O) groups is 2. The molecule has 1 saturated heterocycles. The molecule has 166 valence electrons. The van der Waals surface area contributed by atoms with Crippen LogP contribution >= 0.6 is 0 Å². The third-order valence-electron chi connectivity index (χ3n) is 5.45. The molecule has 2 aliphatic rings. The summed E-state index contributed by atoms with van der Waals surface area (Å²) in [5.41, 5.74) is 1.01. The van der Waals surface area contributed by atoms with Gasteiger partial charge in [-0.25, -0.2) is 9.59 Å². The van der Waals surface area contributed by atoms with Gasteiger partial charge in [-0.2, -0.15) is 0 Å². The second-order valence-corrected chi connectivity index (χ2v) is 10.00. The lowest BCUT2D eigenvalue weighted by molar-refractivity contribution is -0.162. The first-order valence-corrected chi connectivity index (χ1v) is 12.0. The predicted octanol–water partition coefficient (Wildman–Crippen LogP) is 4.80. The molecular weight excluding hydrogens is 424 g/mol. The van der Waals surface area contributed by atoms with E-state index in [9.17, 15) is 9.59 Å². The summed E-state index contributed by atoms with van der Waals surface area (Å²) in [4.78, 5) is 27.6. The highest BCUT2D eigenvalue weighted by atomic mass is 32.2. The number of ether oxygens (including phenoxy) is 3. The summed E-state index contributed by atoms with van der Waals surface area (Å²) in [6.45, 7) is 4.20. The van der Waals surface area contributed by atoms with Crippen LogP contribution in [0.3, 0.4) is 0 Å². The van der Waals surface area contributed by atoms with Crippen LogP contribution in [0.1, 0.15) is 26.7 Å². The van der Waals surface area contributed by atoms with Crippen LogP contribution in [0.15, 0.2) is 92.8 Å². The molecule has 0 amide bonds. The van der Waals surface area contributed by atoms with Crippen molar-refractivity contribution >= 4 is 22.8 Å². The van der Waals surface area contributed by atoms with Gasteiger partial charge in [0.25, 0.3) is 0 Å². The van der Waals surface area contributed by atoms with Crippen LogP contribution in [0.25, 0.3) is 0 Å². The number of allylic oxidation sites excluding steroid dienone is 4. The van der Waals surface area contributed by atoms with E-state index >= 15 is 0 Å². The highest BCUT2D eigenvalue weighted by Gasteiger charge is 2.36. The van der Waals surface area contributed by atoms with Crippen LogP contribution in [0, 0.1) is 5.92 Å². The molecule has 1 aliphatic carbocycles. The lowest BCUT2D eigenvalue weighted by atomic mass is 9.96. The van der Waals surface area contributed by atoms with Gasteiger partial charge in [-0.1, -0.05) is 43.3 Å². The van der Waals surface area contributed by atoms with Crippen LogP contribution in [-0.4, -0.2) is 31.3 Å². The molecule has 0 aromatic heterocycles. The highest BCUT2D eigenvalue weighted by Crippen LogP contribution is 2.39. The first kappa shape index (κ1) is 22.2. The first-order chi connectivity index (χ1) is 15.5. The molecule has 0 bridgehead atoms. The van der Waals surface area contributed by atoms with E-state index in [1.54, 1.807) is 0 Å². The lowest BCUT2D eigenvalue weighted by Crippen LogP contribution is -2.26. The van der Waals surface area contributed by atoms with Crippen molar-refractivity contribution in [1.29, 1.82) is 0 Å². The zero-order valence-corrected chi connectivity index (χ0v) is 19.1. The molecule has 2 atom stereocenters. The predicted molar refractivity (Wildman–Crippen MR) is 123 cm³/mol. The van der Waals surface area contributed by atoms with E-state index in [2.05, 4.69) is 61.5 Å². The highest BCUT2D eigenvalue weighted by molar-refractivity contribution is 8.00. The van der Waals surface area contributed by atoms with Crippen LogP contribution in [0.4, 0.5) is 0 Å². The van der Waals surface area contributed by atoms with Crippen LogP contribution in [0.5, 0.6) is 0 Å². The minimum atomic E-state index is -0.810. The maximum atomic E-state index is 12.2.